The number of aromatic nitrogens is 1. The number of rotatable bonds is 4. The van der Waals surface area contributed by atoms with Crippen molar-refractivity contribution in [1.29, 1.82) is 0 Å². The van der Waals surface area contributed by atoms with Crippen LogP contribution in [0.2, 0.25) is 0 Å². The normalized spacial score (nSPS) is 18.0. The maximum absolute atomic E-state index is 11.8. The van der Waals surface area contributed by atoms with Gasteiger partial charge in [-0.05, 0) is 29.8 Å². The molecule has 0 unspecified atom stereocenters. The number of carbonyl (C=O) groups is 1. The topological polar surface area (TPSA) is 89.3 Å². The molecule has 106 valence electrons. The van der Waals surface area contributed by atoms with Gasteiger partial charge in [0.1, 0.15) is 10.6 Å². The van der Waals surface area contributed by atoms with Gasteiger partial charge in [-0.2, -0.15) is 4.37 Å². The van der Waals surface area contributed by atoms with Gasteiger partial charge >= 0.3 is 0 Å². The van der Waals surface area contributed by atoms with Crippen LogP contribution in [0.15, 0.2) is 0 Å². The number of nitrogens with zero attached hydrogens (tertiary/aromatic N) is 1. The van der Waals surface area contributed by atoms with E-state index in [-0.39, 0.29) is 17.1 Å². The lowest BCUT2D eigenvalue weighted by Crippen LogP contribution is -2.33. The van der Waals surface area contributed by atoms with E-state index in [1.54, 1.807) is 7.05 Å². The van der Waals surface area contributed by atoms with Gasteiger partial charge < -0.3 is 21.1 Å². The van der Waals surface area contributed by atoms with Gasteiger partial charge in [0.15, 0.2) is 5.82 Å². The van der Waals surface area contributed by atoms with Gasteiger partial charge in [-0.15, -0.1) is 0 Å². The fourth-order valence-corrected chi connectivity index (χ4v) is 2.81. The number of hydrogen-bond acceptors (Lipinski definition) is 6. The number of amides is 1. The van der Waals surface area contributed by atoms with Crippen molar-refractivity contribution in [3.63, 3.8) is 0 Å². The lowest BCUT2D eigenvalue weighted by molar-refractivity contribution is 0.0300. The molecule has 7 heteroatoms. The molecule has 0 radical (unpaired) electrons. The summed E-state index contributed by atoms with van der Waals surface area (Å²) >= 11 is 1.23. The Morgan fingerprint density at radius 1 is 1.53 bits per heavy atom. The summed E-state index contributed by atoms with van der Waals surface area (Å²) in [6.45, 7) is 4.62. The summed E-state index contributed by atoms with van der Waals surface area (Å²) in [4.78, 5) is 11.8. The molecule has 1 aliphatic heterocycles. The van der Waals surface area contributed by atoms with Gasteiger partial charge in [0.2, 0.25) is 0 Å². The lowest BCUT2D eigenvalue weighted by atomic mass is 9.82. The predicted molar refractivity (Wildman–Crippen MR) is 76.6 cm³/mol. The molecule has 6 nitrogen and oxygen atoms in total. The minimum Gasteiger partial charge on any atom is -0.382 e. The Kier molecular flexibility index (Phi) is 4.26. The van der Waals surface area contributed by atoms with Crippen LogP contribution in [-0.2, 0) is 4.74 Å². The summed E-state index contributed by atoms with van der Waals surface area (Å²) in [5.41, 5.74) is 6.38. The average molecular weight is 284 g/mol. The van der Waals surface area contributed by atoms with Gasteiger partial charge in [0.25, 0.3) is 5.91 Å². The maximum Gasteiger partial charge on any atom is 0.257 e. The molecule has 2 rings (SSSR count). The second kappa shape index (κ2) is 5.75. The first-order valence-corrected chi connectivity index (χ1v) is 7.12. The summed E-state index contributed by atoms with van der Waals surface area (Å²) in [6.07, 6.45) is 2.03. The molecule has 0 saturated carbocycles. The molecule has 0 aromatic carbocycles. The Bertz CT molecular complexity index is 455. The number of ether oxygens (including phenoxy) is 1. The van der Waals surface area contributed by atoms with E-state index in [1.807, 2.05) is 0 Å². The molecule has 4 N–H and O–H groups in total. The minimum atomic E-state index is -0.203. The van der Waals surface area contributed by atoms with Crippen molar-refractivity contribution in [2.75, 3.05) is 37.9 Å². The monoisotopic (exact) mass is 284 g/mol. The van der Waals surface area contributed by atoms with Crippen molar-refractivity contribution >= 4 is 28.3 Å². The lowest BCUT2D eigenvalue weighted by Gasteiger charge is -2.33. The molecule has 0 atom stereocenters. The molecule has 19 heavy (non-hydrogen) atoms. The molecule has 1 saturated heterocycles. The number of anilines is 2. The quantitative estimate of drug-likeness (QED) is 0.776. The molecule has 1 amide bonds. The number of nitrogens with one attached hydrogen (secondary N) is 2. The second-order valence-corrected chi connectivity index (χ2v) is 5.90. The van der Waals surface area contributed by atoms with Gasteiger partial charge in [-0.3, -0.25) is 4.79 Å². The van der Waals surface area contributed by atoms with Crippen molar-refractivity contribution in [2.45, 2.75) is 19.8 Å². The third-order valence-electron chi connectivity index (χ3n) is 3.55. The SMILES string of the molecule is CNC(=O)c1c(N)nsc1NCC1(C)CCOCC1. The first kappa shape index (κ1) is 14.1. The highest BCUT2D eigenvalue weighted by molar-refractivity contribution is 7.11. The van der Waals surface area contributed by atoms with Crippen LogP contribution in [0.4, 0.5) is 10.8 Å². The van der Waals surface area contributed by atoms with Crippen molar-refractivity contribution in [2.24, 2.45) is 5.41 Å². The standard InChI is InChI=1S/C12H20N4O2S/c1-12(3-5-18-6-4-12)7-15-11-8(10(17)14-2)9(13)16-19-11/h15H,3-7H2,1-2H3,(H2,13,16)(H,14,17). The molecule has 1 aromatic rings. The highest BCUT2D eigenvalue weighted by atomic mass is 32.1. The molecule has 1 fully saturated rings. The molecule has 1 aromatic heterocycles. The number of carbonyl (C=O) groups excluding carboxylic acids is 1. The van der Waals surface area contributed by atoms with Crippen molar-refractivity contribution in [1.82, 2.24) is 9.69 Å². The van der Waals surface area contributed by atoms with Crippen LogP contribution in [0.3, 0.4) is 0 Å². The van der Waals surface area contributed by atoms with Crippen molar-refractivity contribution in [3.05, 3.63) is 5.56 Å². The molecule has 0 spiro atoms. The Labute approximate surface area is 116 Å². The predicted octanol–water partition coefficient (Wildman–Crippen LogP) is 1.31. The first-order chi connectivity index (χ1) is 9.06. The van der Waals surface area contributed by atoms with E-state index in [2.05, 4.69) is 21.9 Å². The summed E-state index contributed by atoms with van der Waals surface area (Å²) in [7, 11) is 1.59. The van der Waals surface area contributed by atoms with Crippen LogP contribution in [-0.4, -0.2) is 37.1 Å². The van der Waals surface area contributed by atoms with Crippen molar-refractivity contribution in [3.8, 4) is 0 Å². The van der Waals surface area contributed by atoms with Crippen LogP contribution in [0.5, 0.6) is 0 Å². The summed E-state index contributed by atoms with van der Waals surface area (Å²) in [6, 6.07) is 0. The number of hydrogen-bond donors (Lipinski definition) is 3. The van der Waals surface area contributed by atoms with E-state index in [1.165, 1.54) is 11.5 Å². The average Bonchev–Trinajstić information content (AvgIpc) is 2.78. The number of nitrogen functional groups attached to an aromatic ring is 1. The zero-order chi connectivity index (χ0) is 13.9. The summed E-state index contributed by atoms with van der Waals surface area (Å²) in [5.74, 6) is 0.0786. The smallest absolute Gasteiger partial charge is 0.257 e. The Hall–Kier alpha value is -1.34. The second-order valence-electron chi connectivity index (χ2n) is 5.13. The molecule has 1 aliphatic rings. The van der Waals surface area contributed by atoms with E-state index in [0.29, 0.717) is 5.56 Å². The van der Waals surface area contributed by atoms with Crippen LogP contribution < -0.4 is 16.4 Å². The van der Waals surface area contributed by atoms with Crippen molar-refractivity contribution < 1.29 is 9.53 Å². The largest absolute Gasteiger partial charge is 0.382 e. The zero-order valence-electron chi connectivity index (χ0n) is 11.3. The maximum atomic E-state index is 11.8. The third kappa shape index (κ3) is 3.16. The molecule has 0 bridgehead atoms. The Morgan fingerprint density at radius 2 is 2.21 bits per heavy atom. The van der Waals surface area contributed by atoms with E-state index in [4.69, 9.17) is 10.5 Å². The van der Waals surface area contributed by atoms with Gasteiger partial charge in [-0.1, -0.05) is 6.92 Å². The fourth-order valence-electron chi connectivity index (χ4n) is 2.10. The van der Waals surface area contributed by atoms with Gasteiger partial charge in [-0.25, -0.2) is 0 Å². The summed E-state index contributed by atoms with van der Waals surface area (Å²) < 4.78 is 9.42. The van der Waals surface area contributed by atoms with Crippen LogP contribution >= 0.6 is 11.5 Å². The Balaban J connectivity index is 2.05. The van der Waals surface area contributed by atoms with Crippen LogP contribution in [0.25, 0.3) is 0 Å². The van der Waals surface area contributed by atoms with E-state index in [0.717, 1.165) is 37.6 Å². The van der Waals surface area contributed by atoms with E-state index >= 15 is 0 Å². The molecular weight excluding hydrogens is 264 g/mol. The van der Waals surface area contributed by atoms with Gasteiger partial charge in [0, 0.05) is 26.8 Å². The minimum absolute atomic E-state index is 0.191. The van der Waals surface area contributed by atoms with Gasteiger partial charge in [0.05, 0.1) is 0 Å². The summed E-state index contributed by atoms with van der Waals surface area (Å²) in [5, 5.41) is 6.64. The molecule has 0 aliphatic carbocycles. The van der Waals surface area contributed by atoms with Crippen LogP contribution in [0, 0.1) is 5.41 Å². The van der Waals surface area contributed by atoms with E-state index in [9.17, 15) is 4.79 Å². The Morgan fingerprint density at radius 3 is 2.84 bits per heavy atom. The first-order valence-electron chi connectivity index (χ1n) is 6.34. The highest BCUT2D eigenvalue weighted by Gasteiger charge is 2.28. The molecule has 2 heterocycles. The van der Waals surface area contributed by atoms with E-state index < -0.39 is 0 Å². The zero-order valence-corrected chi connectivity index (χ0v) is 12.1. The van der Waals surface area contributed by atoms with Crippen LogP contribution in [0.1, 0.15) is 30.1 Å². The fraction of sp³-hybridized carbons (Fsp3) is 0.667. The third-order valence-corrected chi connectivity index (χ3v) is 4.37. The molecular formula is C12H20N4O2S. The highest BCUT2D eigenvalue weighted by Crippen LogP contribution is 2.32. The number of nitrogens with two attached hydrogens (primary N) is 1.